The monoisotopic (exact) mass is 334 g/mol. The van der Waals surface area contributed by atoms with E-state index in [0.717, 1.165) is 25.7 Å². The van der Waals surface area contributed by atoms with Crippen molar-refractivity contribution in [2.75, 3.05) is 39.6 Å². The number of aliphatic hydroxyl groups excluding tert-OH is 2. The molecule has 136 valence electrons. The van der Waals surface area contributed by atoms with E-state index in [1.807, 2.05) is 0 Å². The zero-order chi connectivity index (χ0) is 17.2. The molecule has 0 aromatic carbocycles. The third-order valence-electron chi connectivity index (χ3n) is 2.97. The highest BCUT2D eigenvalue weighted by Crippen LogP contribution is 1.99. The summed E-state index contributed by atoms with van der Waals surface area (Å²) in [6.07, 6.45) is 4.46. The van der Waals surface area contributed by atoms with Gasteiger partial charge in [-0.25, -0.2) is 0 Å². The summed E-state index contributed by atoms with van der Waals surface area (Å²) in [5, 5.41) is 17.2. The fraction of sp³-hybridized carbons (Fsp3) is 0.875. The minimum atomic E-state index is -0.355. The van der Waals surface area contributed by atoms with Gasteiger partial charge in [0.2, 0.25) is 0 Å². The highest BCUT2D eigenvalue weighted by Gasteiger charge is 2.05. The molecule has 0 fully saturated rings. The lowest BCUT2D eigenvalue weighted by molar-refractivity contribution is -0.147. The molecule has 7 heteroatoms. The van der Waals surface area contributed by atoms with E-state index in [9.17, 15) is 9.59 Å². The van der Waals surface area contributed by atoms with E-state index in [2.05, 4.69) is 0 Å². The van der Waals surface area contributed by atoms with Crippen LogP contribution < -0.4 is 0 Å². The summed E-state index contributed by atoms with van der Waals surface area (Å²) < 4.78 is 15.3. The van der Waals surface area contributed by atoms with Gasteiger partial charge in [0, 0.05) is 39.3 Å². The molecule has 2 N–H and O–H groups in total. The van der Waals surface area contributed by atoms with Crippen molar-refractivity contribution >= 4 is 11.9 Å². The number of carbonyl (C=O) groups is 2. The SMILES string of the molecule is O=C(CCCO)OCCCC(=O)OCCCCOCCCCO. The highest BCUT2D eigenvalue weighted by molar-refractivity contribution is 5.70. The van der Waals surface area contributed by atoms with Gasteiger partial charge in [0.05, 0.1) is 13.2 Å². The summed E-state index contributed by atoms with van der Waals surface area (Å²) >= 11 is 0. The van der Waals surface area contributed by atoms with E-state index >= 15 is 0 Å². The molecule has 0 rings (SSSR count). The quantitative estimate of drug-likeness (QED) is 0.323. The molecule has 0 saturated carbocycles. The lowest BCUT2D eigenvalue weighted by Crippen LogP contribution is -2.10. The number of ether oxygens (including phenoxy) is 3. The lowest BCUT2D eigenvalue weighted by atomic mass is 10.3. The zero-order valence-electron chi connectivity index (χ0n) is 13.8. The molecule has 0 radical (unpaired) electrons. The average molecular weight is 334 g/mol. The van der Waals surface area contributed by atoms with E-state index < -0.39 is 0 Å². The zero-order valence-corrected chi connectivity index (χ0v) is 13.8. The third-order valence-corrected chi connectivity index (χ3v) is 2.97. The minimum Gasteiger partial charge on any atom is -0.466 e. The maximum atomic E-state index is 11.4. The van der Waals surface area contributed by atoms with Gasteiger partial charge >= 0.3 is 11.9 Å². The van der Waals surface area contributed by atoms with Crippen molar-refractivity contribution in [1.29, 1.82) is 0 Å². The minimum absolute atomic E-state index is 0.0326. The molecule has 0 heterocycles. The summed E-state index contributed by atoms with van der Waals surface area (Å²) in [7, 11) is 0. The number of hydrogen-bond donors (Lipinski definition) is 2. The smallest absolute Gasteiger partial charge is 0.305 e. The molecule has 0 aromatic rings. The normalized spacial score (nSPS) is 10.5. The van der Waals surface area contributed by atoms with Crippen molar-refractivity contribution in [2.45, 2.75) is 51.4 Å². The summed E-state index contributed by atoms with van der Waals surface area (Å²) in [5.74, 6) is -0.647. The molecular weight excluding hydrogens is 304 g/mol. The van der Waals surface area contributed by atoms with Crippen molar-refractivity contribution in [1.82, 2.24) is 0 Å². The van der Waals surface area contributed by atoms with E-state index in [1.54, 1.807) is 0 Å². The summed E-state index contributed by atoms with van der Waals surface area (Å²) in [4.78, 5) is 22.5. The molecule has 0 spiro atoms. The Bertz CT molecular complexity index is 294. The number of hydrogen-bond acceptors (Lipinski definition) is 7. The Labute approximate surface area is 137 Å². The van der Waals surface area contributed by atoms with Crippen LogP contribution in [0.25, 0.3) is 0 Å². The molecule has 7 nitrogen and oxygen atoms in total. The van der Waals surface area contributed by atoms with Gasteiger partial charge in [-0.1, -0.05) is 0 Å². The first-order valence-electron chi connectivity index (χ1n) is 8.31. The van der Waals surface area contributed by atoms with E-state index in [0.29, 0.717) is 32.7 Å². The number of unbranched alkanes of at least 4 members (excludes halogenated alkanes) is 2. The molecule has 0 amide bonds. The van der Waals surface area contributed by atoms with Crippen LogP contribution in [-0.4, -0.2) is 61.8 Å². The van der Waals surface area contributed by atoms with Crippen LogP contribution in [0.3, 0.4) is 0 Å². The van der Waals surface area contributed by atoms with Crippen LogP contribution in [0.2, 0.25) is 0 Å². The Morgan fingerprint density at radius 2 is 1.09 bits per heavy atom. The molecule has 0 aliphatic rings. The van der Waals surface area contributed by atoms with Crippen molar-refractivity contribution in [3.63, 3.8) is 0 Å². The fourth-order valence-corrected chi connectivity index (χ4v) is 1.68. The first-order valence-corrected chi connectivity index (χ1v) is 8.31. The van der Waals surface area contributed by atoms with Gasteiger partial charge in [0.1, 0.15) is 0 Å². The largest absolute Gasteiger partial charge is 0.466 e. The summed E-state index contributed by atoms with van der Waals surface area (Å²) in [6, 6.07) is 0. The maximum Gasteiger partial charge on any atom is 0.305 e. The van der Waals surface area contributed by atoms with Gasteiger partial charge in [0.25, 0.3) is 0 Å². The van der Waals surface area contributed by atoms with Crippen LogP contribution in [0.15, 0.2) is 0 Å². The second kappa shape index (κ2) is 17.2. The molecule has 0 aromatic heterocycles. The second-order valence-corrected chi connectivity index (χ2v) is 5.12. The molecule has 0 unspecified atom stereocenters. The van der Waals surface area contributed by atoms with Gasteiger partial charge in [0.15, 0.2) is 0 Å². The topological polar surface area (TPSA) is 102 Å². The van der Waals surface area contributed by atoms with Crippen molar-refractivity contribution < 1.29 is 34.0 Å². The van der Waals surface area contributed by atoms with Crippen molar-refractivity contribution in [3.8, 4) is 0 Å². The summed E-state index contributed by atoms with van der Waals surface area (Å²) in [6.45, 7) is 2.01. The van der Waals surface area contributed by atoms with Gasteiger partial charge in [-0.05, 0) is 38.5 Å². The van der Waals surface area contributed by atoms with E-state index in [4.69, 9.17) is 24.4 Å². The number of aliphatic hydroxyl groups is 2. The molecule has 0 atom stereocenters. The molecule has 0 saturated heterocycles. The van der Waals surface area contributed by atoms with E-state index in [-0.39, 0.29) is 44.6 Å². The fourth-order valence-electron chi connectivity index (χ4n) is 1.68. The summed E-state index contributed by atoms with van der Waals surface area (Å²) in [5.41, 5.74) is 0. The predicted octanol–water partition coefficient (Wildman–Crippen LogP) is 1.19. The van der Waals surface area contributed by atoms with Crippen molar-refractivity contribution in [3.05, 3.63) is 0 Å². The molecule has 0 aliphatic heterocycles. The van der Waals surface area contributed by atoms with Crippen LogP contribution in [-0.2, 0) is 23.8 Å². The van der Waals surface area contributed by atoms with Crippen LogP contribution in [0, 0.1) is 0 Å². The number of esters is 2. The van der Waals surface area contributed by atoms with Gasteiger partial charge in [-0.3, -0.25) is 9.59 Å². The Morgan fingerprint density at radius 1 is 0.609 bits per heavy atom. The molecule has 0 bridgehead atoms. The standard InChI is InChI=1S/C16H30O7/c17-9-1-2-11-21-12-3-4-13-22-16(20)8-6-14-23-15(19)7-5-10-18/h17-18H,1-14H2. The number of rotatable bonds is 16. The van der Waals surface area contributed by atoms with Crippen LogP contribution in [0.4, 0.5) is 0 Å². The number of carbonyl (C=O) groups excluding carboxylic acids is 2. The first-order chi connectivity index (χ1) is 11.2. The van der Waals surface area contributed by atoms with Gasteiger partial charge in [-0.2, -0.15) is 0 Å². The first kappa shape index (κ1) is 21.8. The molecule has 23 heavy (non-hydrogen) atoms. The van der Waals surface area contributed by atoms with Crippen LogP contribution in [0.5, 0.6) is 0 Å². The predicted molar refractivity (Wildman–Crippen MR) is 83.8 cm³/mol. The Balaban J connectivity index is 3.26. The molecular formula is C16H30O7. The van der Waals surface area contributed by atoms with Crippen LogP contribution >= 0.6 is 0 Å². The molecule has 0 aliphatic carbocycles. The Kier molecular flexibility index (Phi) is 16.3. The van der Waals surface area contributed by atoms with Crippen LogP contribution in [0.1, 0.15) is 51.4 Å². The second-order valence-electron chi connectivity index (χ2n) is 5.12. The third kappa shape index (κ3) is 17.0. The van der Waals surface area contributed by atoms with Gasteiger partial charge < -0.3 is 24.4 Å². The van der Waals surface area contributed by atoms with E-state index in [1.165, 1.54) is 0 Å². The average Bonchev–Trinajstić information content (AvgIpc) is 2.55. The van der Waals surface area contributed by atoms with Gasteiger partial charge in [-0.15, -0.1) is 0 Å². The lowest BCUT2D eigenvalue weighted by Gasteiger charge is -2.06. The Morgan fingerprint density at radius 3 is 1.70 bits per heavy atom. The maximum absolute atomic E-state index is 11.4. The van der Waals surface area contributed by atoms with Crippen molar-refractivity contribution in [2.24, 2.45) is 0 Å². The highest BCUT2D eigenvalue weighted by atomic mass is 16.5. The Hall–Kier alpha value is -1.18.